The summed E-state index contributed by atoms with van der Waals surface area (Å²) in [4.78, 5) is 28.9. The van der Waals surface area contributed by atoms with Gasteiger partial charge in [0.1, 0.15) is 15.9 Å². The summed E-state index contributed by atoms with van der Waals surface area (Å²) < 4.78 is 15.3. The maximum atomic E-state index is 15.0. The van der Waals surface area contributed by atoms with Gasteiger partial charge < -0.3 is 10.0 Å². The number of anilines is 1. The molecule has 0 saturated carbocycles. The number of hydrogen-bond donors (Lipinski definition) is 1. The van der Waals surface area contributed by atoms with Crippen LogP contribution in [-0.4, -0.2) is 61.5 Å². The van der Waals surface area contributed by atoms with Crippen molar-refractivity contribution in [2.24, 2.45) is 0 Å². The molecule has 0 unspecified atom stereocenters. The summed E-state index contributed by atoms with van der Waals surface area (Å²) in [6.45, 7) is 6.36. The van der Waals surface area contributed by atoms with E-state index in [4.69, 9.17) is 16.6 Å². The Labute approximate surface area is 197 Å². The number of amides is 1. The molecule has 0 aromatic carbocycles. The standard InChI is InChI=1S/C20H22BrClFN5O2S/c1-4-9(3)15-11-7-6-10(28(11)20(29)30)8-27(15)18-12-14(24-19(26-18)31-5-2)13(23)17(22)25-16(12)21/h4,10-11,15H,5-8H2,1-3H3,(H,29,30)/t10-,11+,15+/m1/s1. The van der Waals surface area contributed by atoms with E-state index < -0.39 is 11.9 Å². The zero-order chi connectivity index (χ0) is 22.4. The molecule has 0 aliphatic carbocycles. The van der Waals surface area contributed by atoms with Crippen LogP contribution >= 0.6 is 39.3 Å². The second-order valence-electron chi connectivity index (χ2n) is 7.61. The molecule has 3 atom stereocenters. The van der Waals surface area contributed by atoms with Gasteiger partial charge in [-0.3, -0.25) is 4.90 Å². The van der Waals surface area contributed by atoms with Gasteiger partial charge in [-0.1, -0.05) is 41.9 Å². The van der Waals surface area contributed by atoms with Gasteiger partial charge >= 0.3 is 6.09 Å². The van der Waals surface area contributed by atoms with Crippen LogP contribution in [0, 0.1) is 5.82 Å². The SMILES string of the molecule is CC=C(C)[C@H]1[C@@H]2CC[C@H](CN1c1nc(SCC)nc3c(F)c(Cl)nc(Br)c13)N2C(=O)O. The zero-order valence-corrected chi connectivity index (χ0v) is 20.4. The molecule has 0 spiro atoms. The highest BCUT2D eigenvalue weighted by atomic mass is 79.9. The normalized spacial score (nSPS) is 23.7. The number of allylic oxidation sites excluding steroid dienone is 1. The Morgan fingerprint density at radius 1 is 1.39 bits per heavy atom. The van der Waals surface area contributed by atoms with Gasteiger partial charge in [-0.2, -0.15) is 0 Å². The molecule has 0 radical (unpaired) electrons. The van der Waals surface area contributed by atoms with Crippen molar-refractivity contribution >= 4 is 62.1 Å². The largest absolute Gasteiger partial charge is 0.465 e. The third-order valence-electron chi connectivity index (χ3n) is 6.00. The number of hydrogen-bond acceptors (Lipinski definition) is 6. The van der Waals surface area contributed by atoms with E-state index in [1.807, 2.05) is 26.8 Å². The summed E-state index contributed by atoms with van der Waals surface area (Å²) >= 11 is 10.8. The molecule has 2 aromatic heterocycles. The highest BCUT2D eigenvalue weighted by molar-refractivity contribution is 9.10. The smallest absolute Gasteiger partial charge is 0.407 e. The summed E-state index contributed by atoms with van der Waals surface area (Å²) in [5.41, 5.74) is 1.14. The van der Waals surface area contributed by atoms with Gasteiger partial charge in [0.15, 0.2) is 16.1 Å². The van der Waals surface area contributed by atoms with Crippen LogP contribution in [0.25, 0.3) is 10.9 Å². The van der Waals surface area contributed by atoms with E-state index in [0.29, 0.717) is 27.5 Å². The molecular formula is C20H22BrClFN5O2S. The maximum Gasteiger partial charge on any atom is 0.407 e. The summed E-state index contributed by atoms with van der Waals surface area (Å²) in [7, 11) is 0. The van der Waals surface area contributed by atoms with Crippen LogP contribution in [0.5, 0.6) is 0 Å². The first-order chi connectivity index (χ1) is 14.8. The number of pyridine rings is 1. The minimum atomic E-state index is -0.906. The Hall–Kier alpha value is -1.65. The minimum absolute atomic E-state index is 0.109. The molecule has 2 aromatic rings. The maximum absolute atomic E-state index is 15.0. The molecule has 1 N–H and O–H groups in total. The Morgan fingerprint density at radius 3 is 2.77 bits per heavy atom. The second-order valence-corrected chi connectivity index (χ2v) is 9.95. The number of rotatable bonds is 4. The lowest BCUT2D eigenvalue weighted by Crippen LogP contribution is -2.61. The van der Waals surface area contributed by atoms with E-state index in [0.717, 1.165) is 24.2 Å². The Balaban J connectivity index is 1.96. The topological polar surface area (TPSA) is 82.5 Å². The number of carbonyl (C=O) groups is 1. The number of thioether (sulfide) groups is 1. The predicted molar refractivity (Wildman–Crippen MR) is 124 cm³/mol. The van der Waals surface area contributed by atoms with Crippen LogP contribution in [-0.2, 0) is 0 Å². The highest BCUT2D eigenvalue weighted by Gasteiger charge is 2.49. The average molecular weight is 531 g/mol. The zero-order valence-electron chi connectivity index (χ0n) is 17.3. The lowest BCUT2D eigenvalue weighted by molar-refractivity contribution is 0.105. The molecule has 2 aliphatic rings. The monoisotopic (exact) mass is 529 g/mol. The third kappa shape index (κ3) is 3.76. The number of halogens is 3. The molecule has 31 heavy (non-hydrogen) atoms. The van der Waals surface area contributed by atoms with Crippen molar-refractivity contribution in [3.8, 4) is 0 Å². The quantitative estimate of drug-likeness (QED) is 0.247. The molecule has 7 nitrogen and oxygen atoms in total. The summed E-state index contributed by atoms with van der Waals surface area (Å²) in [6.07, 6.45) is 2.63. The fourth-order valence-electron chi connectivity index (χ4n) is 4.65. The number of aromatic nitrogens is 3. The second kappa shape index (κ2) is 8.71. The Kier molecular flexibility index (Phi) is 6.33. The van der Waals surface area contributed by atoms with Gasteiger partial charge in [0.2, 0.25) is 0 Å². The van der Waals surface area contributed by atoms with Gasteiger partial charge in [-0.25, -0.2) is 24.1 Å². The van der Waals surface area contributed by atoms with Crippen LogP contribution in [0.4, 0.5) is 15.0 Å². The van der Waals surface area contributed by atoms with E-state index in [1.54, 1.807) is 4.90 Å². The van der Waals surface area contributed by atoms with Crippen molar-refractivity contribution in [2.75, 3.05) is 17.2 Å². The molecule has 11 heteroatoms. The fraction of sp³-hybridized carbons (Fsp3) is 0.500. The van der Waals surface area contributed by atoms with Crippen molar-refractivity contribution in [1.29, 1.82) is 0 Å². The molecule has 1 amide bonds. The molecule has 2 aliphatic heterocycles. The number of piperazine rings is 1. The Morgan fingerprint density at radius 2 is 2.13 bits per heavy atom. The van der Waals surface area contributed by atoms with Crippen LogP contribution in [0.1, 0.15) is 33.6 Å². The van der Waals surface area contributed by atoms with Gasteiger partial charge in [0.25, 0.3) is 0 Å². The Bertz CT molecular complexity index is 1090. The molecule has 166 valence electrons. The first-order valence-electron chi connectivity index (χ1n) is 10.0. The fourth-order valence-corrected chi connectivity index (χ4v) is 6.04. The molecule has 4 rings (SSSR count). The van der Waals surface area contributed by atoms with Crippen LogP contribution < -0.4 is 4.90 Å². The first-order valence-corrected chi connectivity index (χ1v) is 12.2. The molecular weight excluding hydrogens is 509 g/mol. The molecule has 2 saturated heterocycles. The number of fused-ring (bicyclic) bond motifs is 3. The molecule has 4 heterocycles. The molecule has 2 fully saturated rings. The number of nitrogens with zero attached hydrogens (tertiary/aromatic N) is 5. The summed E-state index contributed by atoms with van der Waals surface area (Å²) in [5, 5.41) is 10.5. The van der Waals surface area contributed by atoms with Crippen LogP contribution in [0.2, 0.25) is 5.15 Å². The predicted octanol–water partition coefficient (Wildman–Crippen LogP) is 5.36. The van der Waals surface area contributed by atoms with Gasteiger partial charge in [0.05, 0.1) is 23.5 Å². The lowest BCUT2D eigenvalue weighted by Gasteiger charge is -2.47. The van der Waals surface area contributed by atoms with Crippen LogP contribution in [0.15, 0.2) is 21.4 Å². The van der Waals surface area contributed by atoms with Crippen molar-refractivity contribution in [2.45, 2.75) is 56.9 Å². The average Bonchev–Trinajstić information content (AvgIpc) is 3.05. The van der Waals surface area contributed by atoms with Gasteiger partial charge in [-0.15, -0.1) is 0 Å². The van der Waals surface area contributed by atoms with Gasteiger partial charge in [-0.05, 0) is 48.4 Å². The van der Waals surface area contributed by atoms with E-state index in [1.165, 1.54) is 11.8 Å². The van der Waals surface area contributed by atoms with E-state index in [9.17, 15) is 14.3 Å². The van der Waals surface area contributed by atoms with Crippen molar-refractivity contribution < 1.29 is 14.3 Å². The number of carboxylic acid groups (broad SMARTS) is 1. The van der Waals surface area contributed by atoms with E-state index in [2.05, 4.69) is 30.8 Å². The van der Waals surface area contributed by atoms with Crippen molar-refractivity contribution in [3.05, 3.63) is 27.2 Å². The lowest BCUT2D eigenvalue weighted by atomic mass is 9.95. The van der Waals surface area contributed by atoms with E-state index >= 15 is 0 Å². The minimum Gasteiger partial charge on any atom is -0.465 e. The summed E-state index contributed by atoms with van der Waals surface area (Å²) in [5.74, 6) is 0.582. The first kappa shape index (κ1) is 22.5. The van der Waals surface area contributed by atoms with Crippen molar-refractivity contribution in [3.63, 3.8) is 0 Å². The third-order valence-corrected chi connectivity index (χ3v) is 7.56. The van der Waals surface area contributed by atoms with E-state index in [-0.39, 0.29) is 28.8 Å². The van der Waals surface area contributed by atoms with Gasteiger partial charge in [0, 0.05) is 6.54 Å². The summed E-state index contributed by atoms with van der Waals surface area (Å²) in [6, 6.07) is -0.578. The van der Waals surface area contributed by atoms with Crippen molar-refractivity contribution in [1.82, 2.24) is 19.9 Å². The highest BCUT2D eigenvalue weighted by Crippen LogP contribution is 2.43. The molecule has 2 bridgehead atoms. The van der Waals surface area contributed by atoms with Crippen LogP contribution in [0.3, 0.4) is 0 Å².